The molecule has 1 aliphatic heterocycles. The highest BCUT2D eigenvalue weighted by Crippen LogP contribution is 2.46. The Hall–Kier alpha value is -2.70. The maximum Gasteiger partial charge on any atom is 0.226 e. The summed E-state index contributed by atoms with van der Waals surface area (Å²) in [5, 5.41) is 9.03. The SMILES string of the molecule is CC1(C)CC(=O)C2=C(C1)Nc1nc(-c3ccncc3)nn1C2c1ccc(Cl)c(Cl)c1. The molecule has 1 aromatic carbocycles. The van der Waals surface area contributed by atoms with Crippen LogP contribution in [-0.2, 0) is 4.79 Å². The number of hydrogen-bond donors (Lipinski definition) is 1. The molecule has 0 amide bonds. The molecule has 1 atom stereocenters. The number of aromatic nitrogens is 4. The molecule has 0 bridgehead atoms. The van der Waals surface area contributed by atoms with Gasteiger partial charge in [-0.3, -0.25) is 9.78 Å². The lowest BCUT2D eigenvalue weighted by Crippen LogP contribution is -2.36. The average molecular weight is 440 g/mol. The van der Waals surface area contributed by atoms with Crippen molar-refractivity contribution in [3.8, 4) is 11.4 Å². The molecule has 3 aromatic rings. The molecule has 6 nitrogen and oxygen atoms in total. The quantitative estimate of drug-likeness (QED) is 0.585. The third-order valence-corrected chi connectivity index (χ3v) is 6.27. The lowest BCUT2D eigenvalue weighted by molar-refractivity contribution is -0.118. The van der Waals surface area contributed by atoms with Gasteiger partial charge in [0.25, 0.3) is 0 Å². The number of nitrogens with zero attached hydrogens (tertiary/aromatic N) is 4. The Balaban J connectivity index is 1.70. The predicted molar refractivity (Wildman–Crippen MR) is 117 cm³/mol. The smallest absolute Gasteiger partial charge is 0.226 e. The Morgan fingerprint density at radius 1 is 1.10 bits per heavy atom. The standard InChI is InChI=1S/C22H19Cl2N5O/c1-22(2)10-16-18(17(30)11-22)19(13-3-4-14(23)15(24)9-13)29-21(26-16)27-20(28-29)12-5-7-25-8-6-12/h3-9,19H,10-11H2,1-2H3,(H,26,27,28). The van der Waals surface area contributed by atoms with Crippen LogP contribution in [0.2, 0.25) is 10.0 Å². The van der Waals surface area contributed by atoms with Crippen LogP contribution >= 0.6 is 23.2 Å². The minimum absolute atomic E-state index is 0.108. The van der Waals surface area contributed by atoms with Crippen molar-refractivity contribution in [1.29, 1.82) is 0 Å². The van der Waals surface area contributed by atoms with E-state index in [2.05, 4.69) is 24.1 Å². The second-order valence-corrected chi connectivity index (χ2v) is 9.29. The van der Waals surface area contributed by atoms with Gasteiger partial charge in [0.2, 0.25) is 5.95 Å². The molecule has 0 saturated heterocycles. The molecular weight excluding hydrogens is 421 g/mol. The second kappa shape index (κ2) is 6.93. The fraction of sp³-hybridized carbons (Fsp3) is 0.273. The van der Waals surface area contributed by atoms with Crippen LogP contribution < -0.4 is 5.32 Å². The predicted octanol–water partition coefficient (Wildman–Crippen LogP) is 5.31. The molecule has 0 radical (unpaired) electrons. The number of fused-ring (bicyclic) bond motifs is 1. The first kappa shape index (κ1) is 19.3. The summed E-state index contributed by atoms with van der Waals surface area (Å²) in [5.74, 6) is 1.27. The first-order valence-corrected chi connectivity index (χ1v) is 10.4. The van der Waals surface area contributed by atoms with E-state index in [0.29, 0.717) is 33.8 Å². The van der Waals surface area contributed by atoms with E-state index in [0.717, 1.165) is 23.2 Å². The summed E-state index contributed by atoms with van der Waals surface area (Å²) in [6.45, 7) is 4.21. The number of Topliss-reactive ketones (excluding diaryl/α,β-unsaturated/α-hetero) is 1. The number of rotatable bonds is 2. The van der Waals surface area contributed by atoms with E-state index < -0.39 is 6.04 Å². The van der Waals surface area contributed by atoms with Gasteiger partial charge in [-0.15, -0.1) is 5.10 Å². The summed E-state index contributed by atoms with van der Waals surface area (Å²) >= 11 is 12.5. The highest BCUT2D eigenvalue weighted by molar-refractivity contribution is 6.42. The first-order valence-electron chi connectivity index (χ1n) is 9.67. The van der Waals surface area contributed by atoms with E-state index in [9.17, 15) is 4.79 Å². The third kappa shape index (κ3) is 3.20. The van der Waals surface area contributed by atoms with Gasteiger partial charge in [-0.2, -0.15) is 4.98 Å². The molecule has 3 heterocycles. The Labute approximate surface area is 183 Å². The number of halogens is 2. The molecule has 1 aliphatic carbocycles. The van der Waals surface area contributed by atoms with E-state index in [1.807, 2.05) is 18.2 Å². The fourth-order valence-corrected chi connectivity index (χ4v) is 4.53. The van der Waals surface area contributed by atoms with Crippen molar-refractivity contribution >= 4 is 34.9 Å². The van der Waals surface area contributed by atoms with E-state index in [1.54, 1.807) is 29.2 Å². The van der Waals surface area contributed by atoms with Crippen molar-refractivity contribution in [3.05, 3.63) is 69.6 Å². The molecule has 152 valence electrons. The van der Waals surface area contributed by atoms with Gasteiger partial charge >= 0.3 is 0 Å². The minimum atomic E-state index is -0.419. The molecule has 30 heavy (non-hydrogen) atoms. The first-order chi connectivity index (χ1) is 14.3. The monoisotopic (exact) mass is 439 g/mol. The summed E-state index contributed by atoms with van der Waals surface area (Å²) in [7, 11) is 0. The molecule has 1 unspecified atom stereocenters. The Bertz CT molecular complexity index is 1200. The number of carbonyl (C=O) groups excluding carboxylic acids is 1. The van der Waals surface area contributed by atoms with E-state index in [1.165, 1.54) is 0 Å². The zero-order valence-corrected chi connectivity index (χ0v) is 18.0. The maximum atomic E-state index is 13.2. The third-order valence-electron chi connectivity index (χ3n) is 5.53. The van der Waals surface area contributed by atoms with Crippen molar-refractivity contribution in [2.75, 3.05) is 5.32 Å². The Morgan fingerprint density at radius 2 is 1.87 bits per heavy atom. The van der Waals surface area contributed by atoms with Crippen LogP contribution in [0.4, 0.5) is 5.95 Å². The molecular formula is C22H19Cl2N5O. The summed E-state index contributed by atoms with van der Waals surface area (Å²) in [5.41, 5.74) is 3.19. The fourth-order valence-electron chi connectivity index (χ4n) is 4.22. The molecule has 0 saturated carbocycles. The van der Waals surface area contributed by atoms with Crippen molar-refractivity contribution in [3.63, 3.8) is 0 Å². The number of hydrogen-bond acceptors (Lipinski definition) is 5. The number of allylic oxidation sites excluding steroid dienone is 2. The summed E-state index contributed by atoms with van der Waals surface area (Å²) < 4.78 is 1.77. The zero-order valence-electron chi connectivity index (χ0n) is 16.5. The molecule has 8 heteroatoms. The van der Waals surface area contributed by atoms with Gasteiger partial charge in [-0.25, -0.2) is 4.68 Å². The van der Waals surface area contributed by atoms with Crippen LogP contribution in [-0.4, -0.2) is 25.5 Å². The van der Waals surface area contributed by atoms with Gasteiger partial charge in [-0.1, -0.05) is 43.1 Å². The molecule has 0 spiro atoms. The minimum Gasteiger partial charge on any atom is -0.328 e. The van der Waals surface area contributed by atoms with E-state index >= 15 is 0 Å². The van der Waals surface area contributed by atoms with Gasteiger partial charge < -0.3 is 5.32 Å². The van der Waals surface area contributed by atoms with Crippen LogP contribution in [0.3, 0.4) is 0 Å². The highest BCUT2D eigenvalue weighted by Gasteiger charge is 2.42. The molecule has 1 N–H and O–H groups in total. The lowest BCUT2D eigenvalue weighted by Gasteiger charge is -2.38. The molecule has 5 rings (SSSR count). The van der Waals surface area contributed by atoms with E-state index in [-0.39, 0.29) is 11.2 Å². The normalized spacial score (nSPS) is 19.9. The van der Waals surface area contributed by atoms with Crippen molar-refractivity contribution in [2.24, 2.45) is 5.41 Å². The second-order valence-electron chi connectivity index (χ2n) is 8.47. The van der Waals surface area contributed by atoms with E-state index in [4.69, 9.17) is 33.3 Å². The zero-order chi connectivity index (χ0) is 21.0. The van der Waals surface area contributed by atoms with Gasteiger partial charge in [0.15, 0.2) is 11.6 Å². The molecule has 2 aromatic heterocycles. The topological polar surface area (TPSA) is 72.7 Å². The summed E-state index contributed by atoms with van der Waals surface area (Å²) in [4.78, 5) is 22.0. The van der Waals surface area contributed by atoms with Crippen LogP contribution in [0, 0.1) is 5.41 Å². The average Bonchev–Trinajstić information content (AvgIpc) is 3.12. The van der Waals surface area contributed by atoms with Gasteiger partial charge in [-0.05, 0) is 41.7 Å². The molecule has 0 fully saturated rings. The van der Waals surface area contributed by atoms with Crippen LogP contribution in [0.5, 0.6) is 0 Å². The number of nitrogens with one attached hydrogen (secondary N) is 1. The van der Waals surface area contributed by atoms with Crippen LogP contribution in [0.25, 0.3) is 11.4 Å². The van der Waals surface area contributed by atoms with Gasteiger partial charge in [0, 0.05) is 35.6 Å². The number of pyridine rings is 1. The van der Waals surface area contributed by atoms with Gasteiger partial charge in [0.1, 0.15) is 6.04 Å². The van der Waals surface area contributed by atoms with Crippen molar-refractivity contribution in [1.82, 2.24) is 19.7 Å². The highest BCUT2D eigenvalue weighted by atomic mass is 35.5. The maximum absolute atomic E-state index is 13.2. The molecule has 2 aliphatic rings. The summed E-state index contributed by atoms with van der Waals surface area (Å²) in [6, 6.07) is 8.74. The lowest BCUT2D eigenvalue weighted by atomic mass is 9.73. The van der Waals surface area contributed by atoms with Crippen molar-refractivity contribution < 1.29 is 4.79 Å². The van der Waals surface area contributed by atoms with Gasteiger partial charge in [0.05, 0.1) is 10.0 Å². The van der Waals surface area contributed by atoms with Crippen LogP contribution in [0.15, 0.2) is 54.0 Å². The number of anilines is 1. The van der Waals surface area contributed by atoms with Crippen LogP contribution in [0.1, 0.15) is 38.3 Å². The number of carbonyl (C=O) groups is 1. The number of ketones is 1. The largest absolute Gasteiger partial charge is 0.328 e. The van der Waals surface area contributed by atoms with Crippen molar-refractivity contribution in [2.45, 2.75) is 32.7 Å². The summed E-state index contributed by atoms with van der Waals surface area (Å²) in [6.07, 6.45) is 4.64. The number of benzene rings is 1. The Morgan fingerprint density at radius 3 is 2.60 bits per heavy atom. The Kier molecular flexibility index (Phi) is 4.45.